The Hall–Kier alpha value is -3.34. The number of rotatable bonds is 5. The van der Waals surface area contributed by atoms with Crippen molar-refractivity contribution in [1.82, 2.24) is 14.9 Å². The molecule has 2 rings (SSSR count). The minimum Gasteiger partial charge on any atom is -0.480 e. The second-order valence-electron chi connectivity index (χ2n) is 6.69. The number of nitrogens with zero attached hydrogens (tertiary/aromatic N) is 3. The van der Waals surface area contributed by atoms with Gasteiger partial charge in [-0.2, -0.15) is 5.26 Å². The van der Waals surface area contributed by atoms with Gasteiger partial charge in [0.2, 0.25) is 0 Å². The Morgan fingerprint density at radius 1 is 1.35 bits per heavy atom. The lowest BCUT2D eigenvalue weighted by Gasteiger charge is -2.22. The molecule has 26 heavy (non-hydrogen) atoms. The fourth-order valence-corrected chi connectivity index (χ4v) is 2.21. The van der Waals surface area contributed by atoms with E-state index < -0.39 is 23.7 Å². The quantitative estimate of drug-likeness (QED) is 0.848. The number of alkyl carbamates (subject to hydrolysis) is 1. The zero-order chi connectivity index (χ0) is 19.3. The monoisotopic (exact) mass is 356 g/mol. The van der Waals surface area contributed by atoms with Crippen molar-refractivity contribution in [2.45, 2.75) is 38.8 Å². The van der Waals surface area contributed by atoms with Crippen LogP contribution in [0.2, 0.25) is 0 Å². The van der Waals surface area contributed by atoms with Gasteiger partial charge >= 0.3 is 12.1 Å². The van der Waals surface area contributed by atoms with Gasteiger partial charge in [-0.15, -0.1) is 0 Å². The average Bonchev–Trinajstić information content (AvgIpc) is 3.02. The van der Waals surface area contributed by atoms with Crippen LogP contribution in [0.4, 0.5) is 4.79 Å². The molecule has 0 aliphatic rings. The molecule has 0 fully saturated rings. The zero-order valence-corrected chi connectivity index (χ0v) is 14.8. The molecule has 1 heterocycles. The molecule has 8 nitrogen and oxygen atoms in total. The molecule has 0 saturated heterocycles. The molecule has 0 radical (unpaired) electrons. The van der Waals surface area contributed by atoms with Crippen molar-refractivity contribution in [3.63, 3.8) is 0 Å². The number of hydrogen-bond donors (Lipinski definition) is 2. The highest BCUT2D eigenvalue weighted by Crippen LogP contribution is 2.13. The minimum absolute atomic E-state index is 0.113. The molecule has 0 aliphatic carbocycles. The van der Waals surface area contributed by atoms with Crippen LogP contribution in [-0.2, 0) is 16.0 Å². The molecular weight excluding hydrogens is 336 g/mol. The maximum atomic E-state index is 11.8. The maximum Gasteiger partial charge on any atom is 0.408 e. The number of ether oxygens (including phenoxy) is 1. The van der Waals surface area contributed by atoms with E-state index in [9.17, 15) is 14.7 Å². The van der Waals surface area contributed by atoms with Gasteiger partial charge in [-0.3, -0.25) is 0 Å². The summed E-state index contributed by atoms with van der Waals surface area (Å²) < 4.78 is 6.79. The van der Waals surface area contributed by atoms with E-state index in [-0.39, 0.29) is 6.42 Å². The van der Waals surface area contributed by atoms with Crippen LogP contribution in [0, 0.1) is 11.3 Å². The van der Waals surface area contributed by atoms with Crippen molar-refractivity contribution in [1.29, 1.82) is 5.26 Å². The van der Waals surface area contributed by atoms with E-state index in [2.05, 4.69) is 10.3 Å². The first-order valence-corrected chi connectivity index (χ1v) is 7.93. The van der Waals surface area contributed by atoms with E-state index >= 15 is 0 Å². The molecule has 136 valence electrons. The van der Waals surface area contributed by atoms with Gasteiger partial charge in [0.15, 0.2) is 5.69 Å². The standard InChI is InChI=1S/C18H20N4O4/c1-18(2,3)26-17(25)21-15(16(23)24)8-12-4-6-14(7-5-12)22-10-13(9-19)20-11-22/h4-7,10-11,15H,8H2,1-3H3,(H,21,25)(H,23,24). The second kappa shape index (κ2) is 7.70. The molecule has 2 aromatic rings. The van der Waals surface area contributed by atoms with Crippen LogP contribution in [0.25, 0.3) is 5.69 Å². The highest BCUT2D eigenvalue weighted by Gasteiger charge is 2.24. The molecule has 1 amide bonds. The van der Waals surface area contributed by atoms with Gasteiger partial charge in [0.05, 0.1) is 0 Å². The summed E-state index contributed by atoms with van der Waals surface area (Å²) in [6, 6.07) is 7.93. The molecule has 8 heteroatoms. The van der Waals surface area contributed by atoms with E-state index in [1.54, 1.807) is 55.8 Å². The number of carboxylic acids is 1. The molecule has 1 unspecified atom stereocenters. The molecular formula is C18H20N4O4. The number of carbonyl (C=O) groups excluding carboxylic acids is 1. The Kier molecular flexibility index (Phi) is 5.62. The lowest BCUT2D eigenvalue weighted by atomic mass is 10.1. The summed E-state index contributed by atoms with van der Waals surface area (Å²) in [7, 11) is 0. The molecule has 1 aromatic heterocycles. The molecule has 2 N–H and O–H groups in total. The summed E-state index contributed by atoms with van der Waals surface area (Å²) >= 11 is 0. The normalized spacial score (nSPS) is 12.1. The Morgan fingerprint density at radius 2 is 2.00 bits per heavy atom. The summed E-state index contributed by atoms with van der Waals surface area (Å²) in [5.74, 6) is -1.15. The minimum atomic E-state index is -1.15. The topological polar surface area (TPSA) is 117 Å². The van der Waals surface area contributed by atoms with Gasteiger partial charge in [0.1, 0.15) is 24.0 Å². The summed E-state index contributed by atoms with van der Waals surface area (Å²) in [4.78, 5) is 27.1. The van der Waals surface area contributed by atoms with Crippen LogP contribution >= 0.6 is 0 Å². The smallest absolute Gasteiger partial charge is 0.408 e. The number of carbonyl (C=O) groups is 2. The number of hydrogen-bond acceptors (Lipinski definition) is 5. The first-order valence-electron chi connectivity index (χ1n) is 7.93. The first kappa shape index (κ1) is 19.0. The Bertz CT molecular complexity index is 828. The van der Waals surface area contributed by atoms with E-state index in [0.717, 1.165) is 11.3 Å². The van der Waals surface area contributed by atoms with Crippen molar-refractivity contribution in [3.8, 4) is 11.8 Å². The fraction of sp³-hybridized carbons (Fsp3) is 0.333. The number of benzene rings is 1. The number of carboxylic acid groups (broad SMARTS) is 1. The number of nitrogens with one attached hydrogen (secondary N) is 1. The lowest BCUT2D eigenvalue weighted by molar-refractivity contribution is -0.139. The van der Waals surface area contributed by atoms with Crippen LogP contribution in [0.5, 0.6) is 0 Å². The van der Waals surface area contributed by atoms with Gasteiger partial charge in [0, 0.05) is 18.3 Å². The predicted molar refractivity (Wildman–Crippen MR) is 92.8 cm³/mol. The third-order valence-corrected chi connectivity index (χ3v) is 3.36. The first-order chi connectivity index (χ1) is 12.2. The van der Waals surface area contributed by atoms with E-state index in [4.69, 9.17) is 10.00 Å². The largest absolute Gasteiger partial charge is 0.480 e. The second-order valence-corrected chi connectivity index (χ2v) is 6.69. The van der Waals surface area contributed by atoms with Gasteiger partial charge in [0.25, 0.3) is 0 Å². The third kappa shape index (κ3) is 5.34. The zero-order valence-electron chi connectivity index (χ0n) is 14.8. The number of nitriles is 1. The van der Waals surface area contributed by atoms with Crippen LogP contribution in [0.3, 0.4) is 0 Å². The van der Waals surface area contributed by atoms with Crippen LogP contribution in [0.15, 0.2) is 36.8 Å². The van der Waals surface area contributed by atoms with Gasteiger partial charge in [-0.05, 0) is 38.5 Å². The predicted octanol–water partition coefficient (Wildman–Crippen LogP) is 2.26. The summed E-state index contributed by atoms with van der Waals surface area (Å²) in [6.07, 6.45) is 2.46. The SMILES string of the molecule is CC(C)(C)OC(=O)NC(Cc1ccc(-n2cnc(C#N)c2)cc1)C(=O)O. The summed E-state index contributed by atoms with van der Waals surface area (Å²) in [5.41, 5.74) is 1.12. The lowest BCUT2D eigenvalue weighted by Crippen LogP contribution is -2.44. The molecule has 0 aliphatic heterocycles. The van der Waals surface area contributed by atoms with Crippen molar-refractivity contribution in [2.24, 2.45) is 0 Å². The van der Waals surface area contributed by atoms with Crippen molar-refractivity contribution in [2.75, 3.05) is 0 Å². The average molecular weight is 356 g/mol. The van der Waals surface area contributed by atoms with Crippen molar-refractivity contribution < 1.29 is 19.4 Å². The fourth-order valence-electron chi connectivity index (χ4n) is 2.21. The Balaban J connectivity index is 2.06. The summed E-state index contributed by atoms with van der Waals surface area (Å²) in [5, 5.41) is 20.5. The third-order valence-electron chi connectivity index (χ3n) is 3.36. The van der Waals surface area contributed by atoms with E-state index in [0.29, 0.717) is 5.69 Å². The molecule has 0 bridgehead atoms. The van der Waals surface area contributed by atoms with Crippen molar-refractivity contribution in [3.05, 3.63) is 48.0 Å². The van der Waals surface area contributed by atoms with Gasteiger partial charge in [-0.25, -0.2) is 14.6 Å². The molecule has 1 aromatic carbocycles. The highest BCUT2D eigenvalue weighted by molar-refractivity contribution is 5.80. The molecule has 0 spiro atoms. The van der Waals surface area contributed by atoms with Crippen LogP contribution < -0.4 is 5.32 Å². The van der Waals surface area contributed by atoms with Gasteiger partial charge in [-0.1, -0.05) is 12.1 Å². The Labute approximate surface area is 151 Å². The molecule has 1 atom stereocenters. The van der Waals surface area contributed by atoms with Crippen LogP contribution in [-0.4, -0.2) is 38.4 Å². The van der Waals surface area contributed by atoms with Crippen molar-refractivity contribution >= 4 is 12.1 Å². The summed E-state index contributed by atoms with van der Waals surface area (Å²) in [6.45, 7) is 5.11. The maximum absolute atomic E-state index is 11.8. The number of amides is 1. The van der Waals surface area contributed by atoms with E-state index in [1.807, 2.05) is 6.07 Å². The highest BCUT2D eigenvalue weighted by atomic mass is 16.6. The van der Waals surface area contributed by atoms with E-state index in [1.165, 1.54) is 6.33 Å². The molecule has 0 saturated carbocycles. The Morgan fingerprint density at radius 3 is 2.50 bits per heavy atom. The van der Waals surface area contributed by atoms with Crippen LogP contribution in [0.1, 0.15) is 32.0 Å². The number of aromatic nitrogens is 2. The number of aliphatic carboxylic acids is 1. The van der Waals surface area contributed by atoms with Gasteiger partial charge < -0.3 is 19.7 Å². The number of imidazole rings is 1.